The van der Waals surface area contributed by atoms with Crippen molar-refractivity contribution in [3.63, 3.8) is 0 Å². The molecule has 5 heterocycles. The van der Waals surface area contributed by atoms with E-state index in [0.29, 0.717) is 41.8 Å². The van der Waals surface area contributed by atoms with Crippen LogP contribution < -0.4 is 10.6 Å². The van der Waals surface area contributed by atoms with Crippen molar-refractivity contribution in [1.82, 2.24) is 29.4 Å². The van der Waals surface area contributed by atoms with Gasteiger partial charge in [-0.05, 0) is 55.7 Å². The smallest absolute Gasteiger partial charge is 0.350 e. The summed E-state index contributed by atoms with van der Waals surface area (Å²) >= 11 is 0.468. The first kappa shape index (κ1) is 31.1. The Morgan fingerprint density at radius 3 is 2.57 bits per heavy atom. The van der Waals surface area contributed by atoms with Gasteiger partial charge in [-0.2, -0.15) is 18.2 Å². The molecule has 0 bridgehead atoms. The van der Waals surface area contributed by atoms with Crippen molar-refractivity contribution in [1.29, 1.82) is 0 Å². The van der Waals surface area contributed by atoms with Gasteiger partial charge >= 0.3 is 11.9 Å². The van der Waals surface area contributed by atoms with Gasteiger partial charge in [0.1, 0.15) is 10.8 Å². The number of aryl methyl sites for hydroxylation is 1. The predicted molar refractivity (Wildman–Crippen MR) is 159 cm³/mol. The quantitative estimate of drug-likeness (QED) is 0.203. The van der Waals surface area contributed by atoms with Crippen LogP contribution >= 0.6 is 11.8 Å². The standard InChI is InChI=1S/C30H29F4N7O2S/c1-6-22(42)39-12-13-40(18(5)15-39)26-19-14-20(31)28(44-21-8-7-10-36-25(21)30(32,33)34)37-27(19)41(29(43)38-26)24-17(4)9-11-35-23(24)16(2)3/h6-11,14,16,18H,1,12-13,15H2,2-5H3/t18-/m0/s1. The number of carbonyl (C=O) groups is 1. The number of carbonyl (C=O) groups excluding carboxylic acids is 1. The van der Waals surface area contributed by atoms with Crippen molar-refractivity contribution in [3.8, 4) is 5.69 Å². The molecule has 9 nitrogen and oxygen atoms in total. The zero-order valence-corrected chi connectivity index (χ0v) is 25.2. The summed E-state index contributed by atoms with van der Waals surface area (Å²) < 4.78 is 58.2. The van der Waals surface area contributed by atoms with Crippen LogP contribution in [0.4, 0.5) is 23.4 Å². The molecule has 0 aliphatic carbocycles. The number of piperazine rings is 1. The summed E-state index contributed by atoms with van der Waals surface area (Å²) in [4.78, 5) is 46.1. The molecule has 4 aromatic rings. The molecule has 1 aliphatic heterocycles. The molecule has 14 heteroatoms. The van der Waals surface area contributed by atoms with E-state index >= 15 is 4.39 Å². The highest BCUT2D eigenvalue weighted by molar-refractivity contribution is 7.99. The second kappa shape index (κ2) is 12.0. The van der Waals surface area contributed by atoms with Gasteiger partial charge in [-0.25, -0.2) is 18.7 Å². The van der Waals surface area contributed by atoms with E-state index in [9.17, 15) is 22.8 Å². The van der Waals surface area contributed by atoms with Crippen LogP contribution in [-0.4, -0.2) is 61.0 Å². The molecule has 0 radical (unpaired) electrons. The van der Waals surface area contributed by atoms with E-state index in [1.165, 1.54) is 22.8 Å². The van der Waals surface area contributed by atoms with Crippen LogP contribution in [-0.2, 0) is 11.0 Å². The number of halogens is 4. The third kappa shape index (κ3) is 5.77. The van der Waals surface area contributed by atoms with Crippen LogP contribution in [0.3, 0.4) is 0 Å². The third-order valence-electron chi connectivity index (χ3n) is 7.33. The molecule has 1 atom stereocenters. The average molecular weight is 628 g/mol. The molecule has 1 amide bonds. The molecule has 230 valence electrons. The molecule has 0 spiro atoms. The monoisotopic (exact) mass is 627 g/mol. The molecular weight excluding hydrogens is 598 g/mol. The van der Waals surface area contributed by atoms with E-state index in [0.717, 1.165) is 12.3 Å². The summed E-state index contributed by atoms with van der Waals surface area (Å²) in [5.74, 6) is -1.10. The number of rotatable bonds is 6. The van der Waals surface area contributed by atoms with Gasteiger partial charge in [-0.15, -0.1) is 0 Å². The van der Waals surface area contributed by atoms with Crippen molar-refractivity contribution < 1.29 is 22.4 Å². The maximum absolute atomic E-state index is 15.8. The number of aromatic nitrogens is 5. The first-order valence-electron chi connectivity index (χ1n) is 13.8. The molecular formula is C30H29F4N7O2S. The number of alkyl halides is 3. The molecule has 0 aromatic carbocycles. The van der Waals surface area contributed by atoms with Gasteiger partial charge in [-0.3, -0.25) is 14.8 Å². The van der Waals surface area contributed by atoms with Crippen LogP contribution in [0, 0.1) is 12.7 Å². The summed E-state index contributed by atoms with van der Waals surface area (Å²) in [6.07, 6.45) is -0.926. The Labute approximate surface area is 254 Å². The Hall–Kier alpha value is -4.33. The fraction of sp³-hybridized carbons (Fsp3) is 0.333. The van der Waals surface area contributed by atoms with Crippen LogP contribution in [0.15, 0.2) is 64.0 Å². The van der Waals surface area contributed by atoms with Crippen LogP contribution in [0.2, 0.25) is 0 Å². The molecule has 5 rings (SSSR count). The summed E-state index contributed by atoms with van der Waals surface area (Å²) in [6, 6.07) is 5.05. The Balaban J connectivity index is 1.76. The van der Waals surface area contributed by atoms with E-state index < -0.39 is 23.4 Å². The first-order chi connectivity index (χ1) is 20.8. The second-order valence-electron chi connectivity index (χ2n) is 10.7. The SMILES string of the molecule is C=CC(=O)N1CCN(c2nc(=O)n(-c3c(C)ccnc3C(C)C)c3nc(Sc4cccnc4C(F)(F)F)c(F)cc23)[C@@H](C)C1. The summed E-state index contributed by atoms with van der Waals surface area (Å²) in [6.45, 7) is 11.9. The van der Waals surface area contributed by atoms with Crippen molar-refractivity contribution in [2.45, 2.75) is 55.8 Å². The van der Waals surface area contributed by atoms with Gasteiger partial charge in [0.25, 0.3) is 0 Å². The summed E-state index contributed by atoms with van der Waals surface area (Å²) in [5, 5.41) is -0.189. The van der Waals surface area contributed by atoms with E-state index in [2.05, 4.69) is 26.5 Å². The van der Waals surface area contributed by atoms with Gasteiger partial charge in [0.05, 0.1) is 16.8 Å². The van der Waals surface area contributed by atoms with Crippen molar-refractivity contribution in [3.05, 3.63) is 82.6 Å². The Kier molecular flexibility index (Phi) is 8.47. The molecule has 1 fully saturated rings. The Morgan fingerprint density at radius 2 is 1.91 bits per heavy atom. The van der Waals surface area contributed by atoms with Crippen molar-refractivity contribution in [2.24, 2.45) is 0 Å². The van der Waals surface area contributed by atoms with Gasteiger partial charge in [0.15, 0.2) is 17.2 Å². The second-order valence-corrected chi connectivity index (χ2v) is 11.7. The lowest BCUT2D eigenvalue weighted by Gasteiger charge is -2.40. The molecule has 0 saturated carbocycles. The number of pyridine rings is 3. The first-order valence-corrected chi connectivity index (χ1v) is 14.6. The predicted octanol–water partition coefficient (Wildman–Crippen LogP) is 5.53. The largest absolute Gasteiger partial charge is 0.434 e. The van der Waals surface area contributed by atoms with Crippen molar-refractivity contribution >= 4 is 34.5 Å². The van der Waals surface area contributed by atoms with E-state index in [1.54, 1.807) is 29.0 Å². The van der Waals surface area contributed by atoms with Crippen LogP contribution in [0.1, 0.15) is 43.6 Å². The number of hydrogen-bond acceptors (Lipinski definition) is 8. The van der Waals surface area contributed by atoms with Gasteiger partial charge in [-0.1, -0.05) is 32.2 Å². The highest BCUT2D eigenvalue weighted by atomic mass is 32.2. The lowest BCUT2D eigenvalue weighted by Crippen LogP contribution is -2.54. The average Bonchev–Trinajstić information content (AvgIpc) is 2.97. The van der Waals surface area contributed by atoms with E-state index in [-0.39, 0.29) is 51.2 Å². The topological polar surface area (TPSA) is 97.1 Å². The molecule has 1 saturated heterocycles. The van der Waals surface area contributed by atoms with Crippen LogP contribution in [0.25, 0.3) is 16.7 Å². The summed E-state index contributed by atoms with van der Waals surface area (Å²) in [5.41, 5.74) is -0.215. The highest BCUT2D eigenvalue weighted by Crippen LogP contribution is 2.40. The zero-order chi connectivity index (χ0) is 31.9. The minimum absolute atomic E-state index is 0.0103. The maximum Gasteiger partial charge on any atom is 0.434 e. The number of hydrogen-bond donors (Lipinski definition) is 0. The normalized spacial score (nSPS) is 15.7. The minimum atomic E-state index is -4.78. The zero-order valence-electron chi connectivity index (χ0n) is 24.4. The lowest BCUT2D eigenvalue weighted by atomic mass is 10.0. The lowest BCUT2D eigenvalue weighted by molar-refractivity contribution is -0.143. The molecule has 44 heavy (non-hydrogen) atoms. The molecule has 0 unspecified atom stereocenters. The van der Waals surface area contributed by atoms with Gasteiger partial charge in [0, 0.05) is 43.0 Å². The molecule has 4 aromatic heterocycles. The highest BCUT2D eigenvalue weighted by Gasteiger charge is 2.36. The molecule has 0 N–H and O–H groups in total. The fourth-order valence-corrected chi connectivity index (χ4v) is 6.17. The number of nitrogens with zero attached hydrogens (tertiary/aromatic N) is 7. The Morgan fingerprint density at radius 1 is 1.16 bits per heavy atom. The molecule has 1 aliphatic rings. The minimum Gasteiger partial charge on any atom is -0.350 e. The van der Waals surface area contributed by atoms with E-state index in [1.807, 2.05) is 20.8 Å². The summed E-state index contributed by atoms with van der Waals surface area (Å²) in [7, 11) is 0. The van der Waals surface area contributed by atoms with E-state index in [4.69, 9.17) is 0 Å². The maximum atomic E-state index is 15.8. The third-order valence-corrected chi connectivity index (χ3v) is 8.35. The number of amides is 1. The van der Waals surface area contributed by atoms with Gasteiger partial charge < -0.3 is 9.80 Å². The number of anilines is 1. The van der Waals surface area contributed by atoms with Gasteiger partial charge in [0.2, 0.25) is 5.91 Å². The fourth-order valence-electron chi connectivity index (χ4n) is 5.26. The van der Waals surface area contributed by atoms with Crippen LogP contribution in [0.5, 0.6) is 0 Å². The van der Waals surface area contributed by atoms with Crippen molar-refractivity contribution in [2.75, 3.05) is 24.5 Å². The Bertz CT molecular complexity index is 1830. The number of fused-ring (bicyclic) bond motifs is 1.